The van der Waals surface area contributed by atoms with Crippen molar-refractivity contribution in [1.29, 1.82) is 0 Å². The summed E-state index contributed by atoms with van der Waals surface area (Å²) >= 11 is 0. The van der Waals surface area contributed by atoms with Gasteiger partial charge in [-0.15, -0.1) is 0 Å². The summed E-state index contributed by atoms with van der Waals surface area (Å²) in [4.78, 5) is 10.9. The Labute approximate surface area is 89.3 Å². The molecule has 15 heavy (non-hydrogen) atoms. The maximum atomic E-state index is 10.9. The highest BCUT2D eigenvalue weighted by molar-refractivity contribution is 5.90. The molecule has 1 aromatic rings. The molecule has 1 aromatic carbocycles. The standard InChI is InChI=1S/C11H16N2O2/c1-7(2)13-10-5-8(11(14)15)4-9(6-10)12-3/h4-7,12-13H,1-3H3,(H,14,15). The molecule has 0 aromatic heterocycles. The van der Waals surface area contributed by atoms with E-state index >= 15 is 0 Å². The molecule has 0 aliphatic carbocycles. The normalized spacial score (nSPS) is 10.1. The fourth-order valence-electron chi connectivity index (χ4n) is 1.31. The monoisotopic (exact) mass is 208 g/mol. The van der Waals surface area contributed by atoms with Crippen molar-refractivity contribution in [3.05, 3.63) is 23.8 Å². The zero-order valence-electron chi connectivity index (χ0n) is 9.16. The van der Waals surface area contributed by atoms with Gasteiger partial charge in [0.1, 0.15) is 0 Å². The molecule has 0 heterocycles. The van der Waals surface area contributed by atoms with Gasteiger partial charge in [0.05, 0.1) is 5.56 Å². The van der Waals surface area contributed by atoms with E-state index in [2.05, 4.69) is 10.6 Å². The molecule has 0 bridgehead atoms. The van der Waals surface area contributed by atoms with Crippen LogP contribution in [0.4, 0.5) is 11.4 Å². The lowest BCUT2D eigenvalue weighted by molar-refractivity contribution is 0.0697. The highest BCUT2D eigenvalue weighted by atomic mass is 16.4. The molecule has 3 N–H and O–H groups in total. The molecule has 0 saturated heterocycles. The summed E-state index contributed by atoms with van der Waals surface area (Å²) in [5.74, 6) is -0.918. The quantitative estimate of drug-likeness (QED) is 0.710. The first-order chi connectivity index (χ1) is 7.02. The lowest BCUT2D eigenvalue weighted by atomic mass is 10.1. The number of carboxylic acids is 1. The van der Waals surface area contributed by atoms with E-state index < -0.39 is 5.97 Å². The highest BCUT2D eigenvalue weighted by Gasteiger charge is 2.06. The van der Waals surface area contributed by atoms with Gasteiger partial charge in [0, 0.05) is 24.5 Å². The minimum atomic E-state index is -0.918. The van der Waals surface area contributed by atoms with Gasteiger partial charge >= 0.3 is 5.97 Å². The van der Waals surface area contributed by atoms with Gasteiger partial charge < -0.3 is 15.7 Å². The smallest absolute Gasteiger partial charge is 0.335 e. The van der Waals surface area contributed by atoms with Crippen LogP contribution in [-0.4, -0.2) is 24.2 Å². The topological polar surface area (TPSA) is 61.4 Å². The minimum Gasteiger partial charge on any atom is -0.478 e. The second kappa shape index (κ2) is 4.68. The van der Waals surface area contributed by atoms with Crippen molar-refractivity contribution in [3.63, 3.8) is 0 Å². The van der Waals surface area contributed by atoms with Crippen molar-refractivity contribution >= 4 is 17.3 Å². The molecular formula is C11H16N2O2. The number of nitrogens with one attached hydrogen (secondary N) is 2. The first-order valence-electron chi connectivity index (χ1n) is 4.85. The molecule has 0 saturated carbocycles. The maximum absolute atomic E-state index is 10.9. The minimum absolute atomic E-state index is 0.277. The van der Waals surface area contributed by atoms with Crippen LogP contribution in [0.1, 0.15) is 24.2 Å². The average Bonchev–Trinajstić information content (AvgIpc) is 2.16. The van der Waals surface area contributed by atoms with Crippen LogP contribution in [0.2, 0.25) is 0 Å². The fraction of sp³-hybridized carbons (Fsp3) is 0.364. The molecule has 0 aliphatic heterocycles. The van der Waals surface area contributed by atoms with Crippen LogP contribution >= 0.6 is 0 Å². The average molecular weight is 208 g/mol. The van der Waals surface area contributed by atoms with E-state index in [-0.39, 0.29) is 11.6 Å². The summed E-state index contributed by atoms with van der Waals surface area (Å²) in [7, 11) is 1.76. The molecule has 1 rings (SSSR count). The summed E-state index contributed by atoms with van der Waals surface area (Å²) in [5, 5.41) is 15.0. The van der Waals surface area contributed by atoms with Crippen LogP contribution in [0.3, 0.4) is 0 Å². The van der Waals surface area contributed by atoms with Crippen molar-refractivity contribution in [3.8, 4) is 0 Å². The van der Waals surface area contributed by atoms with Crippen molar-refractivity contribution < 1.29 is 9.90 Å². The zero-order chi connectivity index (χ0) is 11.4. The third kappa shape index (κ3) is 3.16. The van der Waals surface area contributed by atoms with Crippen molar-refractivity contribution in [2.24, 2.45) is 0 Å². The number of rotatable bonds is 4. The Bertz CT molecular complexity index is 362. The van der Waals surface area contributed by atoms with E-state index in [9.17, 15) is 4.79 Å². The predicted octanol–water partition coefficient (Wildman–Crippen LogP) is 2.25. The van der Waals surface area contributed by atoms with E-state index in [1.807, 2.05) is 19.9 Å². The van der Waals surface area contributed by atoms with Crippen LogP contribution in [-0.2, 0) is 0 Å². The van der Waals surface area contributed by atoms with Gasteiger partial charge in [-0.1, -0.05) is 0 Å². The van der Waals surface area contributed by atoms with Gasteiger partial charge in [0.25, 0.3) is 0 Å². The predicted molar refractivity (Wildman–Crippen MR) is 61.7 cm³/mol. The maximum Gasteiger partial charge on any atom is 0.335 e. The van der Waals surface area contributed by atoms with E-state index in [0.29, 0.717) is 0 Å². The number of hydrogen-bond donors (Lipinski definition) is 3. The van der Waals surface area contributed by atoms with E-state index in [4.69, 9.17) is 5.11 Å². The number of carbonyl (C=O) groups is 1. The molecule has 0 aliphatic rings. The summed E-state index contributed by atoms with van der Waals surface area (Å²) in [6.07, 6.45) is 0. The largest absolute Gasteiger partial charge is 0.478 e. The van der Waals surface area contributed by atoms with Gasteiger partial charge in [0.15, 0.2) is 0 Å². The lowest BCUT2D eigenvalue weighted by Crippen LogP contribution is -2.11. The van der Waals surface area contributed by atoms with Crippen LogP contribution in [0.25, 0.3) is 0 Å². The fourth-order valence-corrected chi connectivity index (χ4v) is 1.31. The Balaban J connectivity index is 3.05. The SMILES string of the molecule is CNc1cc(NC(C)C)cc(C(=O)O)c1. The molecular weight excluding hydrogens is 192 g/mol. The van der Waals surface area contributed by atoms with Crippen molar-refractivity contribution in [1.82, 2.24) is 0 Å². The molecule has 82 valence electrons. The second-order valence-corrected chi connectivity index (χ2v) is 3.65. The molecule has 0 atom stereocenters. The molecule has 0 unspecified atom stereocenters. The van der Waals surface area contributed by atoms with Gasteiger partial charge in [-0.05, 0) is 32.0 Å². The highest BCUT2D eigenvalue weighted by Crippen LogP contribution is 2.19. The lowest BCUT2D eigenvalue weighted by Gasteiger charge is -2.12. The Morgan fingerprint density at radius 2 is 1.87 bits per heavy atom. The van der Waals surface area contributed by atoms with Gasteiger partial charge in [-0.2, -0.15) is 0 Å². The zero-order valence-corrected chi connectivity index (χ0v) is 9.16. The van der Waals surface area contributed by atoms with Gasteiger partial charge in [0.2, 0.25) is 0 Å². The summed E-state index contributed by atoms with van der Waals surface area (Å²) < 4.78 is 0. The van der Waals surface area contributed by atoms with Crippen LogP contribution in [0.5, 0.6) is 0 Å². The van der Waals surface area contributed by atoms with Crippen molar-refractivity contribution in [2.45, 2.75) is 19.9 Å². The van der Waals surface area contributed by atoms with E-state index in [0.717, 1.165) is 11.4 Å². The molecule has 0 amide bonds. The number of hydrogen-bond acceptors (Lipinski definition) is 3. The Morgan fingerprint density at radius 1 is 1.27 bits per heavy atom. The first-order valence-corrected chi connectivity index (χ1v) is 4.85. The first kappa shape index (κ1) is 11.4. The van der Waals surface area contributed by atoms with E-state index in [1.54, 1.807) is 19.2 Å². The van der Waals surface area contributed by atoms with Gasteiger partial charge in [-0.3, -0.25) is 0 Å². The van der Waals surface area contributed by atoms with Crippen LogP contribution < -0.4 is 10.6 Å². The number of aromatic carboxylic acids is 1. The molecule has 0 radical (unpaired) electrons. The molecule has 0 spiro atoms. The summed E-state index contributed by atoms with van der Waals surface area (Å²) in [6, 6.07) is 5.39. The molecule has 4 nitrogen and oxygen atoms in total. The van der Waals surface area contributed by atoms with Crippen molar-refractivity contribution in [2.75, 3.05) is 17.7 Å². The number of anilines is 2. The van der Waals surface area contributed by atoms with Crippen LogP contribution in [0.15, 0.2) is 18.2 Å². The number of benzene rings is 1. The Kier molecular flexibility index (Phi) is 3.55. The summed E-state index contributed by atoms with van der Waals surface area (Å²) in [6.45, 7) is 4.01. The summed E-state index contributed by atoms with van der Waals surface area (Å²) in [5.41, 5.74) is 1.89. The number of carboxylic acid groups (broad SMARTS) is 1. The third-order valence-corrected chi connectivity index (χ3v) is 1.92. The Hall–Kier alpha value is -1.71. The second-order valence-electron chi connectivity index (χ2n) is 3.65. The molecule has 4 heteroatoms. The molecule has 0 fully saturated rings. The Morgan fingerprint density at radius 3 is 2.33 bits per heavy atom. The van der Waals surface area contributed by atoms with Crippen LogP contribution in [0, 0.1) is 0 Å². The van der Waals surface area contributed by atoms with E-state index in [1.165, 1.54) is 0 Å². The third-order valence-electron chi connectivity index (χ3n) is 1.92. The van der Waals surface area contributed by atoms with Gasteiger partial charge in [-0.25, -0.2) is 4.79 Å².